The minimum Gasteiger partial charge on any atom is -0.458 e. The van der Waals surface area contributed by atoms with Crippen molar-refractivity contribution >= 4 is 20.2 Å². The molecule has 2 aliphatic rings. The van der Waals surface area contributed by atoms with E-state index in [0.717, 1.165) is 6.42 Å². The van der Waals surface area contributed by atoms with E-state index in [1.807, 2.05) is 33.8 Å². The molecule has 0 saturated carbocycles. The molecule has 27 heavy (non-hydrogen) atoms. The molecule has 1 amide bonds. The van der Waals surface area contributed by atoms with Crippen LogP contribution in [0.1, 0.15) is 61.3 Å². The zero-order valence-electron chi connectivity index (χ0n) is 18.5. The van der Waals surface area contributed by atoms with Crippen LogP contribution in [0.2, 0.25) is 18.1 Å². The molecule has 1 fully saturated rings. The largest absolute Gasteiger partial charge is 0.458 e. The lowest BCUT2D eigenvalue weighted by atomic mass is 9.80. The lowest BCUT2D eigenvalue weighted by Gasteiger charge is -2.52. The molecule has 0 bridgehead atoms. The summed E-state index contributed by atoms with van der Waals surface area (Å²) in [6, 6.07) is -0.523. The summed E-state index contributed by atoms with van der Waals surface area (Å²) in [5.74, 6) is -0.485. The Morgan fingerprint density at radius 3 is 2.22 bits per heavy atom. The molecule has 5 nitrogen and oxygen atoms in total. The van der Waals surface area contributed by atoms with E-state index in [2.05, 4.69) is 39.9 Å². The van der Waals surface area contributed by atoms with Crippen LogP contribution in [-0.4, -0.2) is 48.9 Å². The smallest absolute Gasteiger partial charge is 0.329 e. The Morgan fingerprint density at radius 2 is 1.70 bits per heavy atom. The Labute approximate surface area is 165 Å². The summed E-state index contributed by atoms with van der Waals surface area (Å²) >= 11 is 0. The fraction of sp³-hybridized carbons (Fsp3) is 0.810. The van der Waals surface area contributed by atoms with Crippen LogP contribution in [0.3, 0.4) is 0 Å². The lowest BCUT2D eigenvalue weighted by molar-refractivity contribution is -0.182. The molecule has 1 unspecified atom stereocenters. The van der Waals surface area contributed by atoms with Crippen LogP contribution in [-0.2, 0) is 18.8 Å². The van der Waals surface area contributed by atoms with Crippen molar-refractivity contribution in [2.45, 2.75) is 103 Å². The number of β-lactam (4-membered cyclic amide) rings is 1. The average molecular weight is 396 g/mol. The molecule has 0 radical (unpaired) electrons. The molecule has 0 aliphatic carbocycles. The number of hydrogen-bond acceptors (Lipinski definition) is 4. The van der Waals surface area contributed by atoms with Crippen molar-refractivity contribution in [2.24, 2.45) is 5.92 Å². The Morgan fingerprint density at radius 1 is 1.15 bits per heavy atom. The minimum absolute atomic E-state index is 0.00790. The van der Waals surface area contributed by atoms with Gasteiger partial charge in [0.2, 0.25) is 5.91 Å². The van der Waals surface area contributed by atoms with Crippen LogP contribution in [0.4, 0.5) is 0 Å². The van der Waals surface area contributed by atoms with Crippen LogP contribution < -0.4 is 0 Å². The van der Waals surface area contributed by atoms with Gasteiger partial charge in [0.1, 0.15) is 11.6 Å². The van der Waals surface area contributed by atoms with Crippen molar-refractivity contribution in [1.82, 2.24) is 4.90 Å². The molecule has 0 N–H and O–H groups in total. The molecule has 0 aromatic carbocycles. The summed E-state index contributed by atoms with van der Waals surface area (Å²) in [5.41, 5.74) is -0.561. The van der Waals surface area contributed by atoms with Gasteiger partial charge in [-0.15, -0.1) is 0 Å². The highest BCUT2D eigenvalue weighted by Gasteiger charge is 2.55. The zero-order chi connectivity index (χ0) is 20.8. The number of nitrogens with zero attached hydrogens (tertiary/aromatic N) is 1. The Hall–Kier alpha value is -1.14. The normalized spacial score (nSPS) is 27.5. The minimum atomic E-state index is -1.96. The quantitative estimate of drug-likeness (QED) is 0.308. The second-order valence-electron chi connectivity index (χ2n) is 10.4. The standard InChI is InChI=1S/C21H37NO4Si/c1-14(26-27(8,9)21(5,6)7)17-15-12-10-11-13-16(22(15)18(17)23)19(24)25-20(2,3)4/h10-11,14-17H,12-13H2,1-9H3/t14-,15-,16?,17-/m1/s1. The molecular weight excluding hydrogens is 358 g/mol. The molecule has 154 valence electrons. The second-order valence-corrected chi connectivity index (χ2v) is 15.2. The fourth-order valence-electron chi connectivity index (χ4n) is 3.62. The maximum atomic E-state index is 13.0. The fourth-order valence-corrected chi connectivity index (χ4v) is 5.05. The molecule has 0 spiro atoms. The summed E-state index contributed by atoms with van der Waals surface area (Å²) in [4.78, 5) is 27.4. The summed E-state index contributed by atoms with van der Waals surface area (Å²) in [5, 5.41) is 0.0934. The predicted octanol–water partition coefficient (Wildman–Crippen LogP) is 4.28. The number of carbonyl (C=O) groups excluding carboxylic acids is 2. The van der Waals surface area contributed by atoms with E-state index in [0.29, 0.717) is 6.42 Å². The number of carbonyl (C=O) groups is 2. The van der Waals surface area contributed by atoms with Crippen molar-refractivity contribution < 1.29 is 18.8 Å². The third kappa shape index (κ3) is 4.65. The number of ether oxygens (including phenoxy) is 1. The molecule has 2 rings (SSSR count). The van der Waals surface area contributed by atoms with Crippen molar-refractivity contribution in [3.63, 3.8) is 0 Å². The van der Waals surface area contributed by atoms with Gasteiger partial charge in [-0.05, 0) is 58.7 Å². The molecule has 2 aliphatic heterocycles. The van der Waals surface area contributed by atoms with E-state index in [-0.39, 0.29) is 35.0 Å². The highest BCUT2D eigenvalue weighted by Crippen LogP contribution is 2.42. The van der Waals surface area contributed by atoms with Crippen LogP contribution in [0.15, 0.2) is 12.2 Å². The Kier molecular flexibility index (Phi) is 6.03. The van der Waals surface area contributed by atoms with E-state index >= 15 is 0 Å². The molecule has 0 aromatic rings. The maximum absolute atomic E-state index is 13.0. The molecular formula is C21H37NO4Si. The number of rotatable bonds is 4. The van der Waals surface area contributed by atoms with Gasteiger partial charge in [-0.1, -0.05) is 32.9 Å². The van der Waals surface area contributed by atoms with E-state index < -0.39 is 20.0 Å². The third-order valence-corrected chi connectivity index (χ3v) is 10.6. The van der Waals surface area contributed by atoms with Crippen LogP contribution >= 0.6 is 0 Å². The SMILES string of the molecule is C[C@@H](O[Si](C)(C)C(C)(C)C)[C@H]1C(=O)N2C(C(=O)OC(C)(C)C)CC=CC[C@H]12. The predicted molar refractivity (Wildman–Crippen MR) is 110 cm³/mol. The molecule has 0 aromatic heterocycles. The number of hydrogen-bond donors (Lipinski definition) is 0. The lowest BCUT2D eigenvalue weighted by Crippen LogP contribution is -2.69. The van der Waals surface area contributed by atoms with Gasteiger partial charge in [-0.3, -0.25) is 4.79 Å². The first-order chi connectivity index (χ1) is 12.2. The molecule has 4 atom stereocenters. The molecule has 6 heteroatoms. The summed E-state index contributed by atoms with van der Waals surface area (Å²) < 4.78 is 12.1. The van der Waals surface area contributed by atoms with E-state index in [1.165, 1.54) is 0 Å². The highest BCUT2D eigenvalue weighted by atomic mass is 28.4. The van der Waals surface area contributed by atoms with Gasteiger partial charge < -0.3 is 14.1 Å². The topological polar surface area (TPSA) is 55.8 Å². The van der Waals surface area contributed by atoms with Gasteiger partial charge in [-0.2, -0.15) is 0 Å². The Balaban J connectivity index is 2.15. The van der Waals surface area contributed by atoms with Crippen molar-refractivity contribution in [3.8, 4) is 0 Å². The first kappa shape index (κ1) is 22.1. The van der Waals surface area contributed by atoms with Crippen LogP contribution in [0, 0.1) is 5.92 Å². The summed E-state index contributed by atoms with van der Waals surface area (Å²) in [6.07, 6.45) is 5.21. The second kappa shape index (κ2) is 7.36. The number of amides is 1. The summed E-state index contributed by atoms with van der Waals surface area (Å²) in [7, 11) is -1.96. The van der Waals surface area contributed by atoms with Gasteiger partial charge in [0.25, 0.3) is 0 Å². The molecule has 2 heterocycles. The summed E-state index contributed by atoms with van der Waals surface area (Å²) in [6.45, 7) is 18.6. The molecule has 1 saturated heterocycles. The van der Waals surface area contributed by atoms with Crippen molar-refractivity contribution in [1.29, 1.82) is 0 Å². The van der Waals surface area contributed by atoms with Crippen molar-refractivity contribution in [3.05, 3.63) is 12.2 Å². The van der Waals surface area contributed by atoms with Gasteiger partial charge in [-0.25, -0.2) is 4.79 Å². The van der Waals surface area contributed by atoms with E-state index in [9.17, 15) is 9.59 Å². The van der Waals surface area contributed by atoms with Gasteiger partial charge >= 0.3 is 5.97 Å². The van der Waals surface area contributed by atoms with Gasteiger partial charge in [0.15, 0.2) is 8.32 Å². The first-order valence-electron chi connectivity index (χ1n) is 10.0. The van der Waals surface area contributed by atoms with E-state index in [4.69, 9.17) is 9.16 Å². The van der Waals surface area contributed by atoms with E-state index in [1.54, 1.807) is 4.90 Å². The number of fused-ring (bicyclic) bond motifs is 1. The van der Waals surface area contributed by atoms with Crippen LogP contribution in [0.25, 0.3) is 0 Å². The average Bonchev–Trinajstić information content (AvgIpc) is 2.63. The number of esters is 1. The monoisotopic (exact) mass is 395 g/mol. The van der Waals surface area contributed by atoms with Crippen molar-refractivity contribution in [2.75, 3.05) is 0 Å². The van der Waals surface area contributed by atoms with Gasteiger partial charge in [0, 0.05) is 0 Å². The first-order valence-corrected chi connectivity index (χ1v) is 12.9. The third-order valence-electron chi connectivity index (χ3n) is 6.02. The Bertz CT molecular complexity index is 615. The van der Waals surface area contributed by atoms with Crippen LogP contribution in [0.5, 0.6) is 0 Å². The zero-order valence-corrected chi connectivity index (χ0v) is 19.5. The highest BCUT2D eigenvalue weighted by molar-refractivity contribution is 6.74. The maximum Gasteiger partial charge on any atom is 0.329 e. The van der Waals surface area contributed by atoms with Gasteiger partial charge in [0.05, 0.1) is 18.1 Å².